The summed E-state index contributed by atoms with van der Waals surface area (Å²) >= 11 is 0. The molecule has 0 aliphatic carbocycles. The Morgan fingerprint density at radius 2 is 1.89 bits per heavy atom. The molecule has 2 saturated heterocycles. The van der Waals surface area contributed by atoms with Crippen LogP contribution in [0.4, 0.5) is 0 Å². The fourth-order valence-electron chi connectivity index (χ4n) is 2.69. The van der Waals surface area contributed by atoms with Crippen LogP contribution in [0.15, 0.2) is 0 Å². The average Bonchev–Trinajstić information content (AvgIpc) is 2.90. The normalized spacial score (nSPS) is 25.7. The number of rotatable bonds is 4. The largest absolute Gasteiger partial charge is 0.342 e. The van der Waals surface area contributed by atoms with Gasteiger partial charge in [-0.1, -0.05) is 6.92 Å². The van der Waals surface area contributed by atoms with E-state index < -0.39 is 10.2 Å². The van der Waals surface area contributed by atoms with E-state index >= 15 is 0 Å². The quantitative estimate of drug-likeness (QED) is 0.802. The molecule has 1 unspecified atom stereocenters. The molecule has 2 fully saturated rings. The van der Waals surface area contributed by atoms with Crippen molar-refractivity contribution in [2.75, 3.05) is 32.7 Å². The topological polar surface area (TPSA) is 69.7 Å². The molecule has 6 nitrogen and oxygen atoms in total. The second-order valence-electron chi connectivity index (χ2n) is 5.52. The van der Waals surface area contributed by atoms with Crippen LogP contribution in [0.2, 0.25) is 0 Å². The summed E-state index contributed by atoms with van der Waals surface area (Å²) in [4.78, 5) is 13.5. The summed E-state index contributed by atoms with van der Waals surface area (Å²) in [7, 11) is -3.51. The van der Waals surface area contributed by atoms with E-state index in [4.69, 9.17) is 0 Å². The third-order valence-electron chi connectivity index (χ3n) is 3.82. The van der Waals surface area contributed by atoms with Crippen LogP contribution in [0.25, 0.3) is 0 Å². The molecule has 0 spiro atoms. The number of likely N-dealkylation sites (tertiary alicyclic amines) is 1. The van der Waals surface area contributed by atoms with Crippen molar-refractivity contribution in [3.63, 3.8) is 0 Å². The van der Waals surface area contributed by atoms with E-state index in [1.165, 1.54) is 4.31 Å². The first-order valence-electron chi connectivity index (χ1n) is 7.01. The molecule has 0 aromatic carbocycles. The van der Waals surface area contributed by atoms with Gasteiger partial charge in [-0.25, -0.2) is 0 Å². The number of carbonyl (C=O) groups is 1. The maximum atomic E-state index is 12.1. The number of carbonyl (C=O) groups excluding carboxylic acids is 1. The van der Waals surface area contributed by atoms with Gasteiger partial charge in [0.05, 0.1) is 6.54 Å². The van der Waals surface area contributed by atoms with Crippen molar-refractivity contribution < 1.29 is 13.2 Å². The van der Waals surface area contributed by atoms with E-state index in [1.807, 2.05) is 0 Å². The molecule has 0 saturated carbocycles. The van der Waals surface area contributed by atoms with Crippen LogP contribution in [0, 0.1) is 5.92 Å². The molecule has 1 amide bonds. The van der Waals surface area contributed by atoms with Gasteiger partial charge in [-0.15, -0.1) is 0 Å². The summed E-state index contributed by atoms with van der Waals surface area (Å²) in [5.74, 6) is 0.269. The molecule has 0 aromatic heterocycles. The standard InChI is InChI=1S/C12H23N3O3S/c1-11-5-4-8-15(10-11)19(17,18)13-9-12(16)14-6-2-3-7-14/h11,13H,2-10H2,1H3. The van der Waals surface area contributed by atoms with Crippen molar-refractivity contribution in [3.8, 4) is 0 Å². The lowest BCUT2D eigenvalue weighted by Crippen LogP contribution is -2.48. The van der Waals surface area contributed by atoms with Gasteiger partial charge in [0.2, 0.25) is 5.91 Å². The molecule has 1 N–H and O–H groups in total. The van der Waals surface area contributed by atoms with E-state index in [0.29, 0.717) is 19.0 Å². The third kappa shape index (κ3) is 3.90. The summed E-state index contributed by atoms with van der Waals surface area (Å²) in [6, 6.07) is 0. The van der Waals surface area contributed by atoms with Crippen molar-refractivity contribution in [3.05, 3.63) is 0 Å². The maximum absolute atomic E-state index is 12.1. The molecule has 0 bridgehead atoms. The Labute approximate surface area is 115 Å². The average molecular weight is 289 g/mol. The van der Waals surface area contributed by atoms with Crippen LogP contribution < -0.4 is 4.72 Å². The molecular weight excluding hydrogens is 266 g/mol. The lowest BCUT2D eigenvalue weighted by atomic mass is 10.0. The zero-order chi connectivity index (χ0) is 13.9. The summed E-state index contributed by atoms with van der Waals surface area (Å²) < 4.78 is 28.1. The monoisotopic (exact) mass is 289 g/mol. The second-order valence-corrected chi connectivity index (χ2v) is 7.27. The molecule has 2 aliphatic rings. The van der Waals surface area contributed by atoms with Gasteiger partial charge in [0.15, 0.2) is 0 Å². The lowest BCUT2D eigenvalue weighted by Gasteiger charge is -2.30. The van der Waals surface area contributed by atoms with Crippen LogP contribution in [0.1, 0.15) is 32.6 Å². The minimum Gasteiger partial charge on any atom is -0.342 e. The van der Waals surface area contributed by atoms with Crippen LogP contribution in [0.3, 0.4) is 0 Å². The molecule has 2 aliphatic heterocycles. The highest BCUT2D eigenvalue weighted by molar-refractivity contribution is 7.87. The molecule has 1 atom stereocenters. The van der Waals surface area contributed by atoms with Crippen molar-refractivity contribution in [2.45, 2.75) is 32.6 Å². The van der Waals surface area contributed by atoms with E-state index in [9.17, 15) is 13.2 Å². The molecule has 19 heavy (non-hydrogen) atoms. The Bertz CT molecular complexity index is 418. The van der Waals surface area contributed by atoms with Crippen molar-refractivity contribution in [2.24, 2.45) is 5.92 Å². The van der Waals surface area contributed by atoms with Gasteiger partial charge in [-0.05, 0) is 31.6 Å². The second kappa shape index (κ2) is 6.19. The zero-order valence-corrected chi connectivity index (χ0v) is 12.3. The summed E-state index contributed by atoms with van der Waals surface area (Å²) in [5.41, 5.74) is 0. The van der Waals surface area contributed by atoms with Gasteiger partial charge in [0, 0.05) is 26.2 Å². The SMILES string of the molecule is CC1CCCN(S(=O)(=O)NCC(=O)N2CCCC2)C1. The highest BCUT2D eigenvalue weighted by Crippen LogP contribution is 2.17. The molecule has 0 radical (unpaired) electrons. The Kier molecular flexibility index (Phi) is 4.81. The summed E-state index contributed by atoms with van der Waals surface area (Å²) in [5, 5.41) is 0. The third-order valence-corrected chi connectivity index (χ3v) is 5.34. The minimum atomic E-state index is -3.51. The smallest absolute Gasteiger partial charge is 0.279 e. The summed E-state index contributed by atoms with van der Waals surface area (Å²) in [6.45, 7) is 4.54. The van der Waals surface area contributed by atoms with Gasteiger partial charge in [0.1, 0.15) is 0 Å². The van der Waals surface area contributed by atoms with Crippen LogP contribution in [0.5, 0.6) is 0 Å². The first-order chi connectivity index (χ1) is 8.99. The van der Waals surface area contributed by atoms with Crippen LogP contribution >= 0.6 is 0 Å². The highest BCUT2D eigenvalue weighted by atomic mass is 32.2. The fraction of sp³-hybridized carbons (Fsp3) is 0.917. The molecule has 0 aromatic rings. The highest BCUT2D eigenvalue weighted by Gasteiger charge is 2.28. The predicted molar refractivity (Wildman–Crippen MR) is 72.7 cm³/mol. The predicted octanol–water partition coefficient (Wildman–Crippen LogP) is 0.175. The Morgan fingerprint density at radius 3 is 2.53 bits per heavy atom. The number of nitrogens with zero attached hydrogens (tertiary/aromatic N) is 2. The number of piperidine rings is 1. The minimum absolute atomic E-state index is 0.118. The lowest BCUT2D eigenvalue weighted by molar-refractivity contribution is -0.128. The van der Waals surface area contributed by atoms with E-state index in [2.05, 4.69) is 11.6 Å². The molecule has 2 heterocycles. The molecular formula is C12H23N3O3S. The van der Waals surface area contributed by atoms with Gasteiger partial charge in [0.25, 0.3) is 10.2 Å². The maximum Gasteiger partial charge on any atom is 0.279 e. The van der Waals surface area contributed by atoms with Gasteiger partial charge < -0.3 is 4.90 Å². The zero-order valence-electron chi connectivity index (χ0n) is 11.5. The Balaban J connectivity index is 1.84. The number of nitrogens with one attached hydrogen (secondary N) is 1. The molecule has 2 rings (SSSR count). The molecule has 7 heteroatoms. The Morgan fingerprint density at radius 1 is 1.21 bits per heavy atom. The van der Waals surface area contributed by atoms with Crippen LogP contribution in [-0.4, -0.2) is 56.3 Å². The number of amides is 1. The molecule has 110 valence electrons. The van der Waals surface area contributed by atoms with Crippen molar-refractivity contribution in [1.82, 2.24) is 13.9 Å². The van der Waals surface area contributed by atoms with Gasteiger partial charge in [-0.3, -0.25) is 4.79 Å². The van der Waals surface area contributed by atoms with E-state index in [-0.39, 0.29) is 12.5 Å². The van der Waals surface area contributed by atoms with Crippen molar-refractivity contribution >= 4 is 16.1 Å². The van der Waals surface area contributed by atoms with Crippen LogP contribution in [-0.2, 0) is 15.0 Å². The number of hydrogen-bond acceptors (Lipinski definition) is 3. The first-order valence-corrected chi connectivity index (χ1v) is 8.45. The van der Waals surface area contributed by atoms with Gasteiger partial charge in [-0.2, -0.15) is 17.4 Å². The first kappa shape index (κ1) is 14.7. The number of hydrogen-bond donors (Lipinski definition) is 1. The van der Waals surface area contributed by atoms with E-state index in [1.54, 1.807) is 4.90 Å². The summed E-state index contributed by atoms with van der Waals surface area (Å²) in [6.07, 6.45) is 3.99. The Hall–Kier alpha value is -0.660. The van der Waals surface area contributed by atoms with Crippen molar-refractivity contribution in [1.29, 1.82) is 0 Å². The fourth-order valence-corrected chi connectivity index (χ4v) is 4.00. The van der Waals surface area contributed by atoms with E-state index in [0.717, 1.165) is 38.8 Å². The van der Waals surface area contributed by atoms with Gasteiger partial charge >= 0.3 is 0 Å².